The van der Waals surface area contributed by atoms with E-state index in [1.807, 2.05) is 13.8 Å². The van der Waals surface area contributed by atoms with Crippen LogP contribution in [0.15, 0.2) is 24.3 Å². The van der Waals surface area contributed by atoms with Gasteiger partial charge in [-0.25, -0.2) is 4.79 Å². The number of carbonyl (C=O) groups is 1. The van der Waals surface area contributed by atoms with Crippen LogP contribution < -0.4 is 10.1 Å². The summed E-state index contributed by atoms with van der Waals surface area (Å²) in [6.45, 7) is 4.44. The molecule has 2 fully saturated rings. The molecule has 0 bridgehead atoms. The topological polar surface area (TPSA) is 109 Å². The van der Waals surface area contributed by atoms with Gasteiger partial charge in [-0.1, -0.05) is 0 Å². The second-order valence-corrected chi connectivity index (χ2v) is 6.36. The van der Waals surface area contributed by atoms with Gasteiger partial charge in [0.05, 0.1) is 11.0 Å². The van der Waals surface area contributed by atoms with Gasteiger partial charge in [0.2, 0.25) is 0 Å². The lowest BCUT2D eigenvalue weighted by Crippen LogP contribution is -2.49. The van der Waals surface area contributed by atoms with Gasteiger partial charge in [-0.05, 0) is 32.4 Å². The zero-order valence-electron chi connectivity index (χ0n) is 14.0. The lowest BCUT2D eigenvalue weighted by Gasteiger charge is -2.31. The zero-order chi connectivity index (χ0) is 18.0. The molecule has 9 nitrogen and oxygen atoms in total. The fourth-order valence-electron chi connectivity index (χ4n) is 2.97. The van der Waals surface area contributed by atoms with E-state index in [0.29, 0.717) is 6.61 Å². The summed E-state index contributed by atoms with van der Waals surface area (Å²) >= 11 is 0. The van der Waals surface area contributed by atoms with Crippen LogP contribution in [0.1, 0.15) is 20.3 Å². The van der Waals surface area contributed by atoms with Crippen molar-refractivity contribution in [1.29, 1.82) is 0 Å². The Hall–Kier alpha value is -2.23. The first-order chi connectivity index (χ1) is 11.8. The maximum atomic E-state index is 11.9. The summed E-state index contributed by atoms with van der Waals surface area (Å²) in [6, 6.07) is 5.26. The van der Waals surface area contributed by atoms with E-state index in [0.717, 1.165) is 6.42 Å². The molecule has 25 heavy (non-hydrogen) atoms. The van der Waals surface area contributed by atoms with Crippen molar-refractivity contribution >= 4 is 11.8 Å². The normalized spacial score (nSPS) is 27.4. The number of carbonyl (C=O) groups excluding carboxylic acids is 1. The number of fused-ring (bicyclic) bond motifs is 1. The van der Waals surface area contributed by atoms with Crippen LogP contribution in [0, 0.1) is 10.1 Å². The van der Waals surface area contributed by atoms with Crippen molar-refractivity contribution in [2.75, 3.05) is 13.2 Å². The van der Waals surface area contributed by atoms with Crippen molar-refractivity contribution in [3.05, 3.63) is 34.4 Å². The van der Waals surface area contributed by atoms with E-state index in [9.17, 15) is 14.9 Å². The SMILES string of the molecule is CC1(C)O[C@H]2[C@@H](CNC(=O)Oc3ccc([N+](=O)[O-])cc3)OCC[C@H]2O1. The minimum Gasteiger partial charge on any atom is -0.410 e. The number of amides is 1. The van der Waals surface area contributed by atoms with Crippen LogP contribution in [0.2, 0.25) is 0 Å². The van der Waals surface area contributed by atoms with E-state index >= 15 is 0 Å². The van der Waals surface area contributed by atoms with Gasteiger partial charge in [0.15, 0.2) is 5.79 Å². The molecular weight excluding hydrogens is 332 g/mol. The summed E-state index contributed by atoms with van der Waals surface area (Å²) in [5.41, 5.74) is -0.0737. The molecule has 1 aromatic carbocycles. The van der Waals surface area contributed by atoms with Gasteiger partial charge in [0, 0.05) is 25.3 Å². The van der Waals surface area contributed by atoms with Crippen molar-refractivity contribution in [2.45, 2.75) is 44.4 Å². The number of hydrogen-bond acceptors (Lipinski definition) is 7. The van der Waals surface area contributed by atoms with Crippen LogP contribution >= 0.6 is 0 Å². The number of non-ortho nitro benzene ring substituents is 1. The Morgan fingerprint density at radius 3 is 2.76 bits per heavy atom. The summed E-state index contributed by atoms with van der Waals surface area (Å²) in [7, 11) is 0. The highest BCUT2D eigenvalue weighted by molar-refractivity contribution is 5.70. The molecule has 136 valence electrons. The number of nitro benzene ring substituents is 1. The van der Waals surface area contributed by atoms with Crippen molar-refractivity contribution < 1.29 is 28.7 Å². The highest BCUT2D eigenvalue weighted by Crippen LogP contribution is 2.34. The van der Waals surface area contributed by atoms with Crippen molar-refractivity contribution in [3.8, 4) is 5.75 Å². The van der Waals surface area contributed by atoms with Crippen molar-refractivity contribution in [2.24, 2.45) is 0 Å². The lowest BCUT2D eigenvalue weighted by atomic mass is 10.0. The molecule has 2 saturated heterocycles. The van der Waals surface area contributed by atoms with Crippen LogP contribution in [-0.4, -0.2) is 48.3 Å². The van der Waals surface area contributed by atoms with Crippen LogP contribution in [0.3, 0.4) is 0 Å². The summed E-state index contributed by atoms with van der Waals surface area (Å²) in [6.07, 6.45) is -0.551. The fourth-order valence-corrected chi connectivity index (χ4v) is 2.97. The zero-order valence-corrected chi connectivity index (χ0v) is 14.0. The third-order valence-electron chi connectivity index (χ3n) is 4.03. The average molecular weight is 352 g/mol. The first-order valence-corrected chi connectivity index (χ1v) is 8.01. The Kier molecular flexibility index (Phi) is 4.89. The molecule has 3 rings (SSSR count). The van der Waals surface area contributed by atoms with Gasteiger partial charge in [-0.2, -0.15) is 0 Å². The average Bonchev–Trinajstić information content (AvgIpc) is 2.87. The van der Waals surface area contributed by atoms with Crippen LogP contribution in [0.4, 0.5) is 10.5 Å². The van der Waals surface area contributed by atoms with Gasteiger partial charge in [-0.15, -0.1) is 0 Å². The molecule has 1 amide bonds. The van der Waals surface area contributed by atoms with Crippen LogP contribution in [0.25, 0.3) is 0 Å². The molecule has 3 atom stereocenters. The minimum absolute atomic E-state index is 0.0544. The molecular formula is C16H20N2O7. The number of nitrogens with zero attached hydrogens (tertiary/aromatic N) is 1. The number of benzene rings is 1. The van der Waals surface area contributed by atoms with Crippen molar-refractivity contribution in [1.82, 2.24) is 5.32 Å². The van der Waals surface area contributed by atoms with E-state index in [-0.39, 0.29) is 36.3 Å². The Bertz CT molecular complexity index is 646. The molecule has 0 saturated carbocycles. The molecule has 0 aliphatic carbocycles. The van der Waals surface area contributed by atoms with Gasteiger partial charge in [0.25, 0.3) is 5.69 Å². The molecule has 2 aliphatic rings. The smallest absolute Gasteiger partial charge is 0.410 e. The second-order valence-electron chi connectivity index (χ2n) is 6.36. The minimum atomic E-state index is -0.669. The molecule has 2 heterocycles. The molecule has 0 unspecified atom stereocenters. The quantitative estimate of drug-likeness (QED) is 0.652. The van der Waals surface area contributed by atoms with E-state index in [2.05, 4.69) is 5.32 Å². The first-order valence-electron chi connectivity index (χ1n) is 8.01. The predicted octanol–water partition coefficient (Wildman–Crippen LogP) is 1.99. The third kappa shape index (κ3) is 4.25. The molecule has 1 aromatic rings. The Morgan fingerprint density at radius 1 is 1.36 bits per heavy atom. The third-order valence-corrected chi connectivity index (χ3v) is 4.03. The van der Waals surface area contributed by atoms with Gasteiger partial charge in [-0.3, -0.25) is 10.1 Å². The molecule has 2 aliphatic heterocycles. The lowest BCUT2D eigenvalue weighted by molar-refractivity contribution is -0.384. The number of nitro groups is 1. The van der Waals surface area contributed by atoms with Crippen molar-refractivity contribution in [3.63, 3.8) is 0 Å². The Labute approximate surface area is 144 Å². The summed E-state index contributed by atoms with van der Waals surface area (Å²) in [5.74, 6) is -0.451. The van der Waals surface area contributed by atoms with Gasteiger partial charge >= 0.3 is 6.09 Å². The second kappa shape index (κ2) is 6.95. The maximum absolute atomic E-state index is 11.9. The summed E-state index contributed by atoms with van der Waals surface area (Å²) in [5, 5.41) is 13.2. The number of nitrogens with one attached hydrogen (secondary N) is 1. The predicted molar refractivity (Wildman–Crippen MR) is 85.3 cm³/mol. The number of hydrogen-bond donors (Lipinski definition) is 1. The molecule has 0 radical (unpaired) electrons. The van der Waals surface area contributed by atoms with Gasteiger partial charge < -0.3 is 24.3 Å². The monoisotopic (exact) mass is 352 g/mol. The molecule has 0 spiro atoms. The fraction of sp³-hybridized carbons (Fsp3) is 0.562. The number of rotatable bonds is 4. The van der Waals surface area contributed by atoms with Crippen LogP contribution in [-0.2, 0) is 14.2 Å². The molecule has 1 N–H and O–H groups in total. The van der Waals surface area contributed by atoms with Crippen LogP contribution in [0.5, 0.6) is 5.75 Å². The Balaban J connectivity index is 1.51. The summed E-state index contributed by atoms with van der Waals surface area (Å²) in [4.78, 5) is 22.0. The van der Waals surface area contributed by atoms with E-state index in [1.54, 1.807) is 0 Å². The first kappa shape index (κ1) is 17.6. The van der Waals surface area contributed by atoms with E-state index in [1.165, 1.54) is 24.3 Å². The Morgan fingerprint density at radius 2 is 2.08 bits per heavy atom. The van der Waals surface area contributed by atoms with E-state index < -0.39 is 16.8 Å². The summed E-state index contributed by atoms with van der Waals surface area (Å²) < 4.78 is 22.4. The van der Waals surface area contributed by atoms with E-state index in [4.69, 9.17) is 18.9 Å². The molecule has 9 heteroatoms. The maximum Gasteiger partial charge on any atom is 0.412 e. The number of ether oxygens (including phenoxy) is 4. The molecule has 0 aromatic heterocycles. The largest absolute Gasteiger partial charge is 0.412 e. The standard InChI is InChI=1S/C16H20N2O7/c1-16(2)24-12-7-8-22-13(14(12)25-16)9-17-15(19)23-11-5-3-10(4-6-11)18(20)21/h3-6,12-14H,7-9H2,1-2H3,(H,17,19)/t12-,13-,14-/m1/s1. The highest BCUT2D eigenvalue weighted by atomic mass is 16.8. The van der Waals surface area contributed by atoms with Gasteiger partial charge in [0.1, 0.15) is 18.0 Å². The highest BCUT2D eigenvalue weighted by Gasteiger charge is 2.47.